The SMILES string of the molecule is CC(C)C(C)C(=O)OCc1c2ccccc2cc2ccccc12. The number of benzene rings is 3. The van der Waals surface area contributed by atoms with Crippen molar-refractivity contribution in [1.29, 1.82) is 0 Å². The van der Waals surface area contributed by atoms with Gasteiger partial charge in [0.2, 0.25) is 0 Å². The number of esters is 1. The van der Waals surface area contributed by atoms with Crippen molar-refractivity contribution < 1.29 is 9.53 Å². The second kappa shape index (κ2) is 6.41. The zero-order chi connectivity index (χ0) is 16.4. The van der Waals surface area contributed by atoms with Crippen molar-refractivity contribution in [2.45, 2.75) is 27.4 Å². The minimum Gasteiger partial charge on any atom is -0.461 e. The number of carbonyl (C=O) groups excluding carboxylic acids is 1. The topological polar surface area (TPSA) is 26.3 Å². The van der Waals surface area contributed by atoms with Gasteiger partial charge in [-0.15, -0.1) is 0 Å². The van der Waals surface area contributed by atoms with Crippen molar-refractivity contribution in [3.05, 3.63) is 60.2 Å². The Morgan fingerprint density at radius 2 is 1.43 bits per heavy atom. The minimum atomic E-state index is -0.128. The lowest BCUT2D eigenvalue weighted by atomic mass is 9.97. The van der Waals surface area contributed by atoms with E-state index in [-0.39, 0.29) is 17.8 Å². The Labute approximate surface area is 137 Å². The van der Waals surface area contributed by atoms with Gasteiger partial charge in [-0.25, -0.2) is 0 Å². The van der Waals surface area contributed by atoms with Crippen LogP contribution in [0.5, 0.6) is 0 Å². The predicted octanol–water partition coefficient (Wildman–Crippen LogP) is 5.33. The molecule has 0 saturated heterocycles. The molecule has 0 bridgehead atoms. The molecule has 23 heavy (non-hydrogen) atoms. The largest absolute Gasteiger partial charge is 0.461 e. The number of carbonyl (C=O) groups is 1. The van der Waals surface area contributed by atoms with E-state index in [4.69, 9.17) is 4.74 Å². The van der Waals surface area contributed by atoms with Crippen molar-refractivity contribution >= 4 is 27.5 Å². The summed E-state index contributed by atoms with van der Waals surface area (Å²) in [5.41, 5.74) is 1.09. The molecule has 2 heteroatoms. The molecular formula is C21H22O2. The molecule has 2 nitrogen and oxygen atoms in total. The highest BCUT2D eigenvalue weighted by Crippen LogP contribution is 2.29. The minimum absolute atomic E-state index is 0.0868. The fourth-order valence-corrected chi connectivity index (χ4v) is 2.81. The van der Waals surface area contributed by atoms with Gasteiger partial charge in [0.1, 0.15) is 6.61 Å². The Kier molecular flexibility index (Phi) is 4.33. The molecule has 0 heterocycles. The van der Waals surface area contributed by atoms with Gasteiger partial charge in [0.15, 0.2) is 0 Å². The highest BCUT2D eigenvalue weighted by atomic mass is 16.5. The van der Waals surface area contributed by atoms with Gasteiger partial charge in [0, 0.05) is 5.56 Å². The lowest BCUT2D eigenvalue weighted by Gasteiger charge is -2.16. The van der Waals surface area contributed by atoms with Crippen LogP contribution in [0.2, 0.25) is 0 Å². The molecule has 0 aliphatic heterocycles. The molecule has 3 aromatic carbocycles. The Bertz CT molecular complexity index is 795. The van der Waals surface area contributed by atoms with Gasteiger partial charge in [-0.3, -0.25) is 4.79 Å². The fraction of sp³-hybridized carbons (Fsp3) is 0.286. The summed E-state index contributed by atoms with van der Waals surface area (Å²) in [6, 6.07) is 18.7. The highest BCUT2D eigenvalue weighted by Gasteiger charge is 2.19. The molecule has 0 spiro atoms. The van der Waals surface area contributed by atoms with Gasteiger partial charge >= 0.3 is 5.97 Å². The van der Waals surface area contributed by atoms with E-state index in [0.717, 1.165) is 16.3 Å². The number of rotatable bonds is 4. The van der Waals surface area contributed by atoms with E-state index in [2.05, 4.69) is 30.3 Å². The van der Waals surface area contributed by atoms with Gasteiger partial charge in [-0.1, -0.05) is 69.3 Å². The maximum absolute atomic E-state index is 12.2. The highest BCUT2D eigenvalue weighted by molar-refractivity contribution is 6.02. The van der Waals surface area contributed by atoms with Crippen molar-refractivity contribution in [2.75, 3.05) is 0 Å². The van der Waals surface area contributed by atoms with Gasteiger partial charge in [0.05, 0.1) is 5.92 Å². The molecule has 118 valence electrons. The van der Waals surface area contributed by atoms with Crippen LogP contribution in [0.25, 0.3) is 21.5 Å². The maximum atomic E-state index is 12.2. The number of hydrogen-bond donors (Lipinski definition) is 0. The van der Waals surface area contributed by atoms with Crippen LogP contribution in [-0.4, -0.2) is 5.97 Å². The summed E-state index contributed by atoms with van der Waals surface area (Å²) in [4.78, 5) is 12.2. The number of fused-ring (bicyclic) bond motifs is 2. The Hall–Kier alpha value is -2.35. The van der Waals surface area contributed by atoms with Crippen molar-refractivity contribution in [3.63, 3.8) is 0 Å². The van der Waals surface area contributed by atoms with E-state index in [1.807, 2.05) is 45.0 Å². The summed E-state index contributed by atoms with van der Waals surface area (Å²) in [7, 11) is 0. The smallest absolute Gasteiger partial charge is 0.309 e. The van der Waals surface area contributed by atoms with Gasteiger partial charge in [-0.05, 0) is 33.5 Å². The van der Waals surface area contributed by atoms with Crippen LogP contribution in [0.15, 0.2) is 54.6 Å². The summed E-state index contributed by atoms with van der Waals surface area (Å²) in [5, 5.41) is 4.65. The molecule has 0 aliphatic rings. The lowest BCUT2D eigenvalue weighted by molar-refractivity contribution is -0.150. The van der Waals surface area contributed by atoms with E-state index in [9.17, 15) is 4.79 Å². The van der Waals surface area contributed by atoms with E-state index in [1.54, 1.807) is 0 Å². The lowest BCUT2D eigenvalue weighted by Crippen LogP contribution is -2.19. The third-order valence-corrected chi connectivity index (χ3v) is 4.61. The molecular weight excluding hydrogens is 284 g/mol. The first-order valence-corrected chi connectivity index (χ1v) is 8.14. The second-order valence-corrected chi connectivity index (χ2v) is 6.44. The van der Waals surface area contributed by atoms with Crippen LogP contribution in [-0.2, 0) is 16.1 Å². The zero-order valence-corrected chi connectivity index (χ0v) is 13.9. The Balaban J connectivity index is 2.02. The molecule has 1 atom stereocenters. The molecule has 0 saturated carbocycles. The normalized spacial score (nSPS) is 12.7. The molecule has 0 amide bonds. The quantitative estimate of drug-likeness (QED) is 0.481. The maximum Gasteiger partial charge on any atom is 0.309 e. The number of hydrogen-bond acceptors (Lipinski definition) is 2. The zero-order valence-electron chi connectivity index (χ0n) is 13.9. The van der Waals surface area contributed by atoms with E-state index in [1.165, 1.54) is 10.8 Å². The van der Waals surface area contributed by atoms with Crippen molar-refractivity contribution in [2.24, 2.45) is 11.8 Å². The van der Waals surface area contributed by atoms with Gasteiger partial charge in [0.25, 0.3) is 0 Å². The Morgan fingerprint density at radius 1 is 0.913 bits per heavy atom. The second-order valence-electron chi connectivity index (χ2n) is 6.44. The molecule has 3 rings (SSSR count). The molecule has 0 radical (unpaired) electrons. The van der Waals surface area contributed by atoms with Crippen LogP contribution in [0.1, 0.15) is 26.3 Å². The predicted molar refractivity (Wildman–Crippen MR) is 95.3 cm³/mol. The average molecular weight is 306 g/mol. The molecule has 0 N–H and O–H groups in total. The van der Waals surface area contributed by atoms with Crippen LogP contribution in [0.3, 0.4) is 0 Å². The van der Waals surface area contributed by atoms with Gasteiger partial charge < -0.3 is 4.74 Å². The fourth-order valence-electron chi connectivity index (χ4n) is 2.81. The third kappa shape index (κ3) is 3.07. The third-order valence-electron chi connectivity index (χ3n) is 4.61. The summed E-state index contributed by atoms with van der Waals surface area (Å²) in [6.45, 7) is 6.32. The molecule has 1 unspecified atom stereocenters. The van der Waals surface area contributed by atoms with Gasteiger partial charge in [-0.2, -0.15) is 0 Å². The molecule has 0 fully saturated rings. The van der Waals surface area contributed by atoms with Crippen molar-refractivity contribution in [3.8, 4) is 0 Å². The molecule has 0 aromatic heterocycles. The summed E-state index contributed by atoms with van der Waals surface area (Å²) < 4.78 is 5.63. The van der Waals surface area contributed by atoms with E-state index < -0.39 is 0 Å². The summed E-state index contributed by atoms with van der Waals surface area (Å²) in [6.07, 6.45) is 0. The molecule has 0 aliphatic carbocycles. The monoisotopic (exact) mass is 306 g/mol. The Morgan fingerprint density at radius 3 is 1.96 bits per heavy atom. The summed E-state index contributed by atoms with van der Waals surface area (Å²) in [5.74, 6) is 0.0695. The van der Waals surface area contributed by atoms with Crippen LogP contribution in [0, 0.1) is 11.8 Å². The van der Waals surface area contributed by atoms with Crippen molar-refractivity contribution in [1.82, 2.24) is 0 Å². The standard InChI is InChI=1S/C21H22O2/c1-14(2)15(3)21(22)23-13-20-18-10-6-4-8-16(18)12-17-9-5-7-11-19(17)20/h4-12,14-15H,13H2,1-3H3. The summed E-state index contributed by atoms with van der Waals surface area (Å²) >= 11 is 0. The van der Waals surface area contributed by atoms with Crippen LogP contribution < -0.4 is 0 Å². The van der Waals surface area contributed by atoms with Crippen LogP contribution >= 0.6 is 0 Å². The molecule has 3 aromatic rings. The van der Waals surface area contributed by atoms with E-state index >= 15 is 0 Å². The number of ether oxygens (including phenoxy) is 1. The average Bonchev–Trinajstić information content (AvgIpc) is 2.57. The van der Waals surface area contributed by atoms with E-state index in [0.29, 0.717) is 6.61 Å². The first-order chi connectivity index (χ1) is 11.1. The van der Waals surface area contributed by atoms with Crippen LogP contribution in [0.4, 0.5) is 0 Å². The first kappa shape index (κ1) is 15.5. The first-order valence-electron chi connectivity index (χ1n) is 8.14.